The number of hydrogen-bond acceptors (Lipinski definition) is 3. The third kappa shape index (κ3) is 1.91. The van der Waals surface area contributed by atoms with E-state index in [0.717, 1.165) is 22.4 Å². The number of nitrogens with one attached hydrogen (secondary N) is 1. The summed E-state index contributed by atoms with van der Waals surface area (Å²) in [6.07, 6.45) is 3.44. The van der Waals surface area contributed by atoms with Crippen LogP contribution in [0.3, 0.4) is 0 Å². The van der Waals surface area contributed by atoms with Gasteiger partial charge in [0.1, 0.15) is 5.15 Å². The van der Waals surface area contributed by atoms with Crippen molar-refractivity contribution < 1.29 is 0 Å². The molecule has 0 spiro atoms. The molecule has 4 nitrogen and oxygen atoms in total. The average molecular weight is 259 g/mol. The van der Waals surface area contributed by atoms with E-state index in [4.69, 9.17) is 11.6 Å². The Bertz CT molecular complexity index is 675. The Labute approximate surface area is 109 Å². The molecule has 0 saturated carbocycles. The molecule has 3 aromatic rings. The molecule has 18 heavy (non-hydrogen) atoms. The van der Waals surface area contributed by atoms with Gasteiger partial charge in [-0.2, -0.15) is 0 Å². The topological polar surface area (TPSA) is 44.8 Å². The van der Waals surface area contributed by atoms with Crippen LogP contribution in [-0.4, -0.2) is 22.0 Å². The van der Waals surface area contributed by atoms with Crippen LogP contribution in [-0.2, 0) is 0 Å². The fourth-order valence-corrected chi connectivity index (χ4v) is 1.96. The Morgan fingerprint density at radius 2 is 1.94 bits per heavy atom. The highest BCUT2D eigenvalue weighted by Gasteiger charge is 2.06. The van der Waals surface area contributed by atoms with Crippen LogP contribution in [0.1, 0.15) is 0 Å². The van der Waals surface area contributed by atoms with Gasteiger partial charge >= 0.3 is 0 Å². The van der Waals surface area contributed by atoms with Crippen LogP contribution in [0.5, 0.6) is 0 Å². The normalized spacial score (nSPS) is 10.8. The third-order valence-corrected chi connectivity index (χ3v) is 3.11. The number of imidazole rings is 1. The summed E-state index contributed by atoms with van der Waals surface area (Å²) in [5, 5.41) is 0.496. The van der Waals surface area contributed by atoms with Gasteiger partial charge in [-0.25, -0.2) is 9.97 Å². The van der Waals surface area contributed by atoms with Gasteiger partial charge in [-0.1, -0.05) is 11.6 Å². The van der Waals surface area contributed by atoms with Gasteiger partial charge in [-0.15, -0.1) is 0 Å². The number of aromatic nitrogens is 3. The largest absolute Gasteiger partial charge is 0.345 e. The SMILES string of the molecule is CN(c1ccc(Cl)nc1)c1ccc2nc[nH]c2c1. The van der Waals surface area contributed by atoms with Gasteiger partial charge in [0.15, 0.2) is 0 Å². The third-order valence-electron chi connectivity index (χ3n) is 2.89. The van der Waals surface area contributed by atoms with Crippen LogP contribution in [0.4, 0.5) is 11.4 Å². The summed E-state index contributed by atoms with van der Waals surface area (Å²) in [6, 6.07) is 9.78. The van der Waals surface area contributed by atoms with E-state index in [1.54, 1.807) is 18.6 Å². The molecule has 1 N–H and O–H groups in total. The molecule has 0 aliphatic carbocycles. The predicted octanol–water partition coefficient (Wildman–Crippen LogP) is 3.38. The van der Waals surface area contributed by atoms with E-state index in [2.05, 4.69) is 21.0 Å². The highest BCUT2D eigenvalue weighted by molar-refractivity contribution is 6.29. The number of H-pyrrole nitrogens is 1. The van der Waals surface area contributed by atoms with Crippen molar-refractivity contribution in [2.45, 2.75) is 0 Å². The first-order valence-corrected chi connectivity index (χ1v) is 5.90. The molecule has 0 saturated heterocycles. The Balaban J connectivity index is 2.00. The smallest absolute Gasteiger partial charge is 0.129 e. The van der Waals surface area contributed by atoms with E-state index in [9.17, 15) is 0 Å². The number of benzene rings is 1. The molecule has 0 radical (unpaired) electrons. The van der Waals surface area contributed by atoms with Crippen molar-refractivity contribution in [3.63, 3.8) is 0 Å². The van der Waals surface area contributed by atoms with Crippen molar-refractivity contribution in [3.05, 3.63) is 48.0 Å². The highest BCUT2D eigenvalue weighted by Crippen LogP contribution is 2.25. The highest BCUT2D eigenvalue weighted by atomic mass is 35.5. The van der Waals surface area contributed by atoms with Gasteiger partial charge in [0, 0.05) is 12.7 Å². The van der Waals surface area contributed by atoms with E-state index in [-0.39, 0.29) is 0 Å². The minimum absolute atomic E-state index is 0.496. The van der Waals surface area contributed by atoms with Crippen LogP contribution in [0.25, 0.3) is 11.0 Å². The maximum absolute atomic E-state index is 5.78. The number of pyridine rings is 1. The van der Waals surface area contributed by atoms with Crippen molar-refractivity contribution in [2.75, 3.05) is 11.9 Å². The summed E-state index contributed by atoms with van der Waals surface area (Å²) in [5.74, 6) is 0. The Morgan fingerprint density at radius 3 is 2.72 bits per heavy atom. The number of anilines is 2. The molecule has 0 unspecified atom stereocenters. The van der Waals surface area contributed by atoms with Crippen molar-refractivity contribution >= 4 is 34.0 Å². The van der Waals surface area contributed by atoms with Gasteiger partial charge in [-0.05, 0) is 30.3 Å². The lowest BCUT2D eigenvalue weighted by Gasteiger charge is -2.18. The van der Waals surface area contributed by atoms with E-state index < -0.39 is 0 Å². The monoisotopic (exact) mass is 258 g/mol. The molecule has 5 heteroatoms. The van der Waals surface area contributed by atoms with E-state index in [1.165, 1.54) is 0 Å². The van der Waals surface area contributed by atoms with Crippen LogP contribution >= 0.6 is 11.6 Å². The minimum Gasteiger partial charge on any atom is -0.345 e. The molecule has 0 amide bonds. The first-order chi connectivity index (χ1) is 8.74. The van der Waals surface area contributed by atoms with Crippen molar-refractivity contribution in [3.8, 4) is 0 Å². The Kier molecular flexibility index (Phi) is 2.64. The Hall–Kier alpha value is -2.07. The zero-order chi connectivity index (χ0) is 12.5. The molecule has 0 fully saturated rings. The molecule has 2 heterocycles. The first-order valence-electron chi connectivity index (χ1n) is 5.52. The molecule has 2 aromatic heterocycles. The lowest BCUT2D eigenvalue weighted by Crippen LogP contribution is -2.09. The fourth-order valence-electron chi connectivity index (χ4n) is 1.85. The van der Waals surface area contributed by atoms with E-state index in [1.807, 2.05) is 30.1 Å². The van der Waals surface area contributed by atoms with Crippen molar-refractivity contribution in [2.24, 2.45) is 0 Å². The quantitative estimate of drug-likeness (QED) is 0.717. The van der Waals surface area contributed by atoms with Gasteiger partial charge in [0.05, 0.1) is 29.2 Å². The fraction of sp³-hybridized carbons (Fsp3) is 0.0769. The molecule has 0 bridgehead atoms. The minimum atomic E-state index is 0.496. The standard InChI is InChI=1S/C13H11ClN4/c1-18(10-3-5-13(14)15-7-10)9-2-4-11-12(6-9)17-8-16-11/h2-8H,1H3,(H,16,17). The number of fused-ring (bicyclic) bond motifs is 1. The lowest BCUT2D eigenvalue weighted by atomic mass is 10.2. The lowest BCUT2D eigenvalue weighted by molar-refractivity contribution is 1.18. The van der Waals surface area contributed by atoms with E-state index in [0.29, 0.717) is 5.15 Å². The van der Waals surface area contributed by atoms with Gasteiger partial charge in [0.25, 0.3) is 0 Å². The predicted molar refractivity (Wildman–Crippen MR) is 73.4 cm³/mol. The number of aromatic amines is 1. The molecule has 90 valence electrons. The molecule has 3 rings (SSSR count). The number of hydrogen-bond donors (Lipinski definition) is 1. The maximum Gasteiger partial charge on any atom is 0.129 e. The summed E-state index contributed by atoms with van der Waals surface area (Å²) in [5.41, 5.74) is 4.02. The first kappa shape index (κ1) is 11.0. The second-order valence-corrected chi connectivity index (χ2v) is 4.39. The van der Waals surface area contributed by atoms with Crippen LogP contribution in [0.15, 0.2) is 42.9 Å². The van der Waals surface area contributed by atoms with Crippen LogP contribution in [0.2, 0.25) is 5.15 Å². The molecular weight excluding hydrogens is 248 g/mol. The zero-order valence-electron chi connectivity index (χ0n) is 9.76. The number of nitrogens with zero attached hydrogens (tertiary/aromatic N) is 3. The molecule has 1 aromatic carbocycles. The van der Waals surface area contributed by atoms with Crippen LogP contribution in [0, 0.1) is 0 Å². The summed E-state index contributed by atoms with van der Waals surface area (Å²) in [7, 11) is 1.99. The number of halogens is 1. The van der Waals surface area contributed by atoms with E-state index >= 15 is 0 Å². The summed E-state index contributed by atoms with van der Waals surface area (Å²) in [6.45, 7) is 0. The Morgan fingerprint density at radius 1 is 1.11 bits per heavy atom. The summed E-state index contributed by atoms with van der Waals surface area (Å²) >= 11 is 5.78. The molecule has 0 aliphatic heterocycles. The second-order valence-electron chi connectivity index (χ2n) is 4.00. The van der Waals surface area contributed by atoms with Crippen molar-refractivity contribution in [1.82, 2.24) is 15.0 Å². The average Bonchev–Trinajstić information content (AvgIpc) is 2.86. The maximum atomic E-state index is 5.78. The zero-order valence-corrected chi connectivity index (χ0v) is 10.5. The van der Waals surface area contributed by atoms with Gasteiger partial charge < -0.3 is 9.88 Å². The van der Waals surface area contributed by atoms with Gasteiger partial charge in [-0.3, -0.25) is 0 Å². The molecular formula is C13H11ClN4. The molecule has 0 aliphatic rings. The summed E-state index contributed by atoms with van der Waals surface area (Å²) < 4.78 is 0. The van der Waals surface area contributed by atoms with Crippen molar-refractivity contribution in [1.29, 1.82) is 0 Å². The number of rotatable bonds is 2. The molecule has 0 atom stereocenters. The van der Waals surface area contributed by atoms with Gasteiger partial charge in [0.2, 0.25) is 0 Å². The summed E-state index contributed by atoms with van der Waals surface area (Å²) in [4.78, 5) is 13.4. The second kappa shape index (κ2) is 4.31. The van der Waals surface area contributed by atoms with Crippen LogP contribution < -0.4 is 4.90 Å².